The molecule has 4 rings (SSSR count). The van der Waals surface area contributed by atoms with Crippen molar-refractivity contribution in [2.75, 3.05) is 0 Å². The van der Waals surface area contributed by atoms with Crippen LogP contribution in [0.1, 0.15) is 32.1 Å². The number of carbonyl (C=O) groups is 2. The Balaban J connectivity index is 1.79. The molecule has 2 aromatic heterocycles. The third-order valence-corrected chi connectivity index (χ3v) is 4.51. The molecule has 2 heterocycles. The fraction of sp³-hybridized carbons (Fsp3) is 0.0909. The van der Waals surface area contributed by atoms with Crippen molar-refractivity contribution in [3.63, 3.8) is 0 Å². The molecule has 0 aliphatic rings. The van der Waals surface area contributed by atoms with Crippen LogP contribution >= 0.6 is 0 Å². The second kappa shape index (κ2) is 6.87. The van der Waals surface area contributed by atoms with E-state index in [0.29, 0.717) is 44.7 Å². The maximum Gasteiger partial charge on any atom is 0.336 e. The van der Waals surface area contributed by atoms with Crippen molar-refractivity contribution in [3.8, 4) is 11.5 Å². The van der Waals surface area contributed by atoms with Gasteiger partial charge in [-0.3, -0.25) is 9.97 Å². The van der Waals surface area contributed by atoms with Gasteiger partial charge in [0.15, 0.2) is 0 Å². The SMILES string of the molecule is Cc1cc(C(=O)O)c2cc(Oc3ccc4nc(C)cc(C(=O)O)c4c3)ccc2n1. The number of aromatic nitrogens is 2. The zero-order valence-corrected chi connectivity index (χ0v) is 15.6. The summed E-state index contributed by atoms with van der Waals surface area (Å²) < 4.78 is 5.88. The van der Waals surface area contributed by atoms with Gasteiger partial charge >= 0.3 is 11.9 Å². The number of ether oxygens (including phenoxy) is 1. The molecule has 2 N–H and O–H groups in total. The van der Waals surface area contributed by atoms with Crippen LogP contribution < -0.4 is 4.74 Å². The first-order valence-corrected chi connectivity index (χ1v) is 8.79. The molecular weight excluding hydrogens is 372 g/mol. The van der Waals surface area contributed by atoms with E-state index in [1.807, 2.05) is 0 Å². The quantitative estimate of drug-likeness (QED) is 0.526. The molecular formula is C22H16N2O5. The van der Waals surface area contributed by atoms with Crippen molar-refractivity contribution in [1.29, 1.82) is 0 Å². The maximum absolute atomic E-state index is 11.6. The third-order valence-electron chi connectivity index (χ3n) is 4.51. The molecule has 0 atom stereocenters. The van der Waals surface area contributed by atoms with Crippen molar-refractivity contribution in [2.45, 2.75) is 13.8 Å². The molecule has 0 radical (unpaired) electrons. The van der Waals surface area contributed by atoms with Crippen molar-refractivity contribution < 1.29 is 24.5 Å². The van der Waals surface area contributed by atoms with E-state index in [1.165, 1.54) is 12.1 Å². The van der Waals surface area contributed by atoms with E-state index in [0.717, 1.165) is 0 Å². The first-order chi connectivity index (χ1) is 13.8. The fourth-order valence-corrected chi connectivity index (χ4v) is 3.29. The van der Waals surface area contributed by atoms with Crippen molar-refractivity contribution in [2.24, 2.45) is 0 Å². The topological polar surface area (TPSA) is 110 Å². The Labute approximate surface area is 165 Å². The lowest BCUT2D eigenvalue weighted by Crippen LogP contribution is -2.01. The number of aromatic carboxylic acids is 2. The number of hydrogen-bond acceptors (Lipinski definition) is 5. The van der Waals surface area contributed by atoms with Gasteiger partial charge < -0.3 is 14.9 Å². The molecule has 0 spiro atoms. The summed E-state index contributed by atoms with van der Waals surface area (Å²) in [6, 6.07) is 13.0. The highest BCUT2D eigenvalue weighted by Gasteiger charge is 2.14. The van der Waals surface area contributed by atoms with Crippen molar-refractivity contribution in [1.82, 2.24) is 9.97 Å². The Kier molecular flexibility index (Phi) is 4.35. The van der Waals surface area contributed by atoms with Gasteiger partial charge in [0.2, 0.25) is 0 Å². The van der Waals surface area contributed by atoms with E-state index in [2.05, 4.69) is 9.97 Å². The van der Waals surface area contributed by atoms with Crippen LogP contribution in [0, 0.1) is 13.8 Å². The summed E-state index contributed by atoms with van der Waals surface area (Å²) in [5, 5.41) is 19.9. The monoisotopic (exact) mass is 388 g/mol. The number of carboxylic acid groups (broad SMARTS) is 2. The van der Waals surface area contributed by atoms with Gasteiger partial charge in [0, 0.05) is 22.2 Å². The van der Waals surface area contributed by atoms with Gasteiger partial charge in [-0.05, 0) is 62.4 Å². The summed E-state index contributed by atoms with van der Waals surface area (Å²) in [6.45, 7) is 3.47. The fourth-order valence-electron chi connectivity index (χ4n) is 3.29. The number of fused-ring (bicyclic) bond motifs is 2. The molecule has 0 saturated carbocycles. The molecule has 7 nitrogen and oxygen atoms in total. The molecule has 29 heavy (non-hydrogen) atoms. The molecule has 0 aliphatic carbocycles. The normalized spacial score (nSPS) is 11.0. The number of hydrogen-bond donors (Lipinski definition) is 2. The highest BCUT2D eigenvalue weighted by molar-refractivity contribution is 6.04. The van der Waals surface area contributed by atoms with E-state index in [-0.39, 0.29) is 11.1 Å². The summed E-state index contributed by atoms with van der Waals surface area (Å²) in [5.74, 6) is -1.25. The number of rotatable bonds is 4. The average molecular weight is 388 g/mol. The van der Waals surface area contributed by atoms with E-state index < -0.39 is 11.9 Å². The van der Waals surface area contributed by atoms with Gasteiger partial charge in [-0.15, -0.1) is 0 Å². The summed E-state index contributed by atoms with van der Waals surface area (Å²) in [5.41, 5.74) is 2.62. The predicted octanol–water partition coefficient (Wildman–Crippen LogP) is 4.59. The zero-order chi connectivity index (χ0) is 20.7. The summed E-state index contributed by atoms with van der Waals surface area (Å²) in [7, 11) is 0. The predicted molar refractivity (Wildman–Crippen MR) is 107 cm³/mol. The summed E-state index contributed by atoms with van der Waals surface area (Å²) in [6.07, 6.45) is 0. The van der Waals surface area contributed by atoms with Gasteiger partial charge in [-0.1, -0.05) is 0 Å². The lowest BCUT2D eigenvalue weighted by molar-refractivity contribution is 0.0688. The van der Waals surface area contributed by atoms with E-state index >= 15 is 0 Å². The van der Waals surface area contributed by atoms with Gasteiger partial charge in [-0.25, -0.2) is 9.59 Å². The first kappa shape index (κ1) is 18.4. The number of aryl methyl sites for hydroxylation is 2. The van der Waals surface area contributed by atoms with Gasteiger partial charge in [0.25, 0.3) is 0 Å². The zero-order valence-electron chi connectivity index (χ0n) is 15.6. The molecule has 0 amide bonds. The van der Waals surface area contributed by atoms with Crippen molar-refractivity contribution in [3.05, 3.63) is 71.0 Å². The van der Waals surface area contributed by atoms with Crippen LogP contribution in [0.3, 0.4) is 0 Å². The number of benzene rings is 2. The van der Waals surface area contributed by atoms with Crippen LogP contribution in [0.5, 0.6) is 11.5 Å². The number of pyridine rings is 2. The maximum atomic E-state index is 11.6. The molecule has 2 aromatic carbocycles. The molecule has 0 fully saturated rings. The second-order valence-electron chi connectivity index (χ2n) is 6.69. The standard InChI is InChI=1S/C22H16N2O5/c1-11-7-17(21(25)26)15-9-13(3-5-19(15)23-11)29-14-4-6-20-16(10-14)18(22(27)28)8-12(2)24-20/h3-10H,1-2H3,(H,25,26)(H,27,28). The first-order valence-electron chi connectivity index (χ1n) is 8.79. The van der Waals surface area contributed by atoms with Gasteiger partial charge in [-0.2, -0.15) is 0 Å². The summed E-state index contributed by atoms with van der Waals surface area (Å²) >= 11 is 0. The minimum atomic E-state index is -1.05. The Morgan fingerprint density at radius 1 is 0.724 bits per heavy atom. The molecule has 0 aliphatic heterocycles. The van der Waals surface area contributed by atoms with Gasteiger partial charge in [0.1, 0.15) is 11.5 Å². The van der Waals surface area contributed by atoms with Crippen LogP contribution in [0.2, 0.25) is 0 Å². The van der Waals surface area contributed by atoms with Crippen LogP contribution in [-0.4, -0.2) is 32.1 Å². The molecule has 4 aromatic rings. The Bertz CT molecular complexity index is 1210. The highest BCUT2D eigenvalue weighted by atomic mass is 16.5. The molecule has 144 valence electrons. The molecule has 0 bridgehead atoms. The molecule has 0 saturated heterocycles. The molecule has 7 heteroatoms. The summed E-state index contributed by atoms with van der Waals surface area (Å²) in [4.78, 5) is 31.9. The largest absolute Gasteiger partial charge is 0.478 e. The van der Waals surface area contributed by atoms with Crippen LogP contribution in [0.25, 0.3) is 21.8 Å². The Morgan fingerprint density at radius 3 is 1.52 bits per heavy atom. The van der Waals surface area contributed by atoms with Crippen molar-refractivity contribution >= 4 is 33.7 Å². The van der Waals surface area contributed by atoms with E-state index in [4.69, 9.17) is 4.74 Å². The van der Waals surface area contributed by atoms with Gasteiger partial charge in [0.05, 0.1) is 22.2 Å². The molecule has 0 unspecified atom stereocenters. The average Bonchev–Trinajstić information content (AvgIpc) is 2.67. The van der Waals surface area contributed by atoms with Crippen LogP contribution in [0.15, 0.2) is 48.5 Å². The lowest BCUT2D eigenvalue weighted by Gasteiger charge is -2.10. The minimum absolute atomic E-state index is 0.143. The Hall–Kier alpha value is -4.00. The van der Waals surface area contributed by atoms with E-state index in [9.17, 15) is 19.8 Å². The third kappa shape index (κ3) is 3.45. The number of nitrogens with zero attached hydrogens (tertiary/aromatic N) is 2. The smallest absolute Gasteiger partial charge is 0.336 e. The highest BCUT2D eigenvalue weighted by Crippen LogP contribution is 2.30. The second-order valence-corrected chi connectivity index (χ2v) is 6.69. The lowest BCUT2D eigenvalue weighted by atomic mass is 10.1. The minimum Gasteiger partial charge on any atom is -0.478 e. The Morgan fingerprint density at radius 2 is 1.14 bits per heavy atom. The van der Waals surface area contributed by atoms with Crippen LogP contribution in [0.4, 0.5) is 0 Å². The van der Waals surface area contributed by atoms with E-state index in [1.54, 1.807) is 50.2 Å². The van der Waals surface area contributed by atoms with Crippen LogP contribution in [-0.2, 0) is 0 Å². The number of carboxylic acids is 2.